The standard InChI is InChI=1S/C20H26N4O3/c1-14(2)27-18-10-6-16(7-11-18)24-20(21)23-13-19(25)22-12-15-4-8-17(26-3)9-5-15/h4-11,14H,12-13H2,1-3H3,(H,22,25)(H3,21,23,24). The second-order valence-corrected chi connectivity index (χ2v) is 6.14. The van der Waals surface area contributed by atoms with Gasteiger partial charge in [0, 0.05) is 12.2 Å². The number of carbonyl (C=O) groups excluding carboxylic acids is 1. The summed E-state index contributed by atoms with van der Waals surface area (Å²) in [4.78, 5) is 16.0. The van der Waals surface area contributed by atoms with Gasteiger partial charge in [0.2, 0.25) is 5.91 Å². The number of carbonyl (C=O) groups is 1. The van der Waals surface area contributed by atoms with E-state index in [9.17, 15) is 4.79 Å². The van der Waals surface area contributed by atoms with Crippen LogP contribution in [0.5, 0.6) is 11.5 Å². The molecule has 0 heterocycles. The zero-order valence-corrected chi connectivity index (χ0v) is 15.9. The van der Waals surface area contributed by atoms with E-state index in [0.717, 1.165) is 22.7 Å². The summed E-state index contributed by atoms with van der Waals surface area (Å²) < 4.78 is 10.7. The molecule has 0 spiro atoms. The fourth-order valence-corrected chi connectivity index (χ4v) is 2.23. The predicted octanol–water partition coefficient (Wildman–Crippen LogP) is 2.53. The van der Waals surface area contributed by atoms with Crippen LogP contribution in [0.4, 0.5) is 5.69 Å². The first-order chi connectivity index (χ1) is 13.0. The van der Waals surface area contributed by atoms with Crippen LogP contribution >= 0.6 is 0 Å². The predicted molar refractivity (Wildman–Crippen MR) is 107 cm³/mol. The van der Waals surface area contributed by atoms with Gasteiger partial charge in [-0.3, -0.25) is 4.79 Å². The van der Waals surface area contributed by atoms with E-state index >= 15 is 0 Å². The molecule has 0 unspecified atom stereocenters. The Morgan fingerprint density at radius 2 is 1.70 bits per heavy atom. The Bertz CT molecular complexity index is 756. The number of amides is 1. The van der Waals surface area contributed by atoms with Crippen molar-refractivity contribution in [1.29, 1.82) is 0 Å². The van der Waals surface area contributed by atoms with Gasteiger partial charge in [0.05, 0.1) is 13.2 Å². The van der Waals surface area contributed by atoms with Crippen LogP contribution in [-0.4, -0.2) is 31.6 Å². The minimum absolute atomic E-state index is 0.0521. The van der Waals surface area contributed by atoms with E-state index in [1.54, 1.807) is 7.11 Å². The molecule has 0 aliphatic heterocycles. The van der Waals surface area contributed by atoms with Crippen molar-refractivity contribution < 1.29 is 14.3 Å². The molecule has 2 rings (SSSR count). The average molecular weight is 370 g/mol. The van der Waals surface area contributed by atoms with Crippen molar-refractivity contribution in [3.05, 3.63) is 54.1 Å². The highest BCUT2D eigenvalue weighted by Crippen LogP contribution is 2.16. The molecule has 2 aromatic carbocycles. The van der Waals surface area contributed by atoms with Crippen LogP contribution in [0.15, 0.2) is 53.5 Å². The Morgan fingerprint density at radius 3 is 2.30 bits per heavy atom. The first-order valence-electron chi connectivity index (χ1n) is 8.69. The van der Waals surface area contributed by atoms with E-state index in [0.29, 0.717) is 6.54 Å². The third kappa shape index (κ3) is 7.27. The number of nitrogens with one attached hydrogen (secondary N) is 2. The summed E-state index contributed by atoms with van der Waals surface area (Å²) in [5.41, 5.74) is 7.57. The van der Waals surface area contributed by atoms with E-state index in [2.05, 4.69) is 15.6 Å². The third-order valence-corrected chi connectivity index (χ3v) is 3.54. The first kappa shape index (κ1) is 20.1. The van der Waals surface area contributed by atoms with Gasteiger partial charge in [-0.05, 0) is 55.8 Å². The Hall–Kier alpha value is -3.22. The van der Waals surface area contributed by atoms with Crippen LogP contribution in [0.1, 0.15) is 19.4 Å². The molecule has 4 N–H and O–H groups in total. The second kappa shape index (κ2) is 10.1. The SMILES string of the molecule is COc1ccc(CNC(=O)CN=C(N)Nc2ccc(OC(C)C)cc2)cc1. The van der Waals surface area contributed by atoms with E-state index in [-0.39, 0.29) is 24.5 Å². The van der Waals surface area contributed by atoms with Crippen LogP contribution in [-0.2, 0) is 11.3 Å². The van der Waals surface area contributed by atoms with E-state index < -0.39 is 0 Å². The molecule has 0 fully saturated rings. The first-order valence-corrected chi connectivity index (χ1v) is 8.69. The van der Waals surface area contributed by atoms with Crippen LogP contribution < -0.4 is 25.8 Å². The number of hydrogen-bond donors (Lipinski definition) is 3. The number of aliphatic imine (C=N–C) groups is 1. The number of benzene rings is 2. The minimum atomic E-state index is -0.212. The van der Waals surface area contributed by atoms with Gasteiger partial charge >= 0.3 is 0 Å². The highest BCUT2D eigenvalue weighted by molar-refractivity contribution is 5.93. The molecule has 0 saturated heterocycles. The largest absolute Gasteiger partial charge is 0.497 e. The highest BCUT2D eigenvalue weighted by atomic mass is 16.5. The zero-order valence-electron chi connectivity index (χ0n) is 15.9. The molecule has 7 heteroatoms. The molecule has 144 valence electrons. The molecule has 27 heavy (non-hydrogen) atoms. The monoisotopic (exact) mass is 370 g/mol. The summed E-state index contributed by atoms with van der Waals surface area (Å²) in [6.07, 6.45) is 0.117. The van der Waals surface area contributed by atoms with Gasteiger partial charge in [0.1, 0.15) is 18.0 Å². The molecule has 0 atom stereocenters. The van der Waals surface area contributed by atoms with Gasteiger partial charge < -0.3 is 25.8 Å². The third-order valence-electron chi connectivity index (χ3n) is 3.54. The van der Waals surface area contributed by atoms with Gasteiger partial charge in [-0.1, -0.05) is 12.1 Å². The van der Waals surface area contributed by atoms with Crippen LogP contribution in [0.25, 0.3) is 0 Å². The minimum Gasteiger partial charge on any atom is -0.497 e. The Kier molecular flexibility index (Phi) is 7.49. The topological polar surface area (TPSA) is 98.0 Å². The van der Waals surface area contributed by atoms with Crippen molar-refractivity contribution in [3.8, 4) is 11.5 Å². The maximum atomic E-state index is 11.9. The maximum Gasteiger partial charge on any atom is 0.242 e. The van der Waals surface area contributed by atoms with Crippen molar-refractivity contribution >= 4 is 17.6 Å². The number of hydrogen-bond acceptors (Lipinski definition) is 4. The smallest absolute Gasteiger partial charge is 0.242 e. The Balaban J connectivity index is 1.77. The highest BCUT2D eigenvalue weighted by Gasteiger charge is 2.03. The van der Waals surface area contributed by atoms with Crippen molar-refractivity contribution in [2.45, 2.75) is 26.5 Å². The quantitative estimate of drug-likeness (QED) is 0.490. The van der Waals surface area contributed by atoms with Crippen molar-refractivity contribution in [1.82, 2.24) is 5.32 Å². The number of guanidine groups is 1. The lowest BCUT2D eigenvalue weighted by molar-refractivity contribution is -0.119. The van der Waals surface area contributed by atoms with Gasteiger partial charge in [0.25, 0.3) is 0 Å². The normalized spacial score (nSPS) is 11.2. The number of nitrogens with zero attached hydrogens (tertiary/aromatic N) is 1. The molecule has 7 nitrogen and oxygen atoms in total. The lowest BCUT2D eigenvalue weighted by Gasteiger charge is -2.11. The molecule has 1 amide bonds. The molecule has 0 aromatic heterocycles. The van der Waals surface area contributed by atoms with Crippen molar-refractivity contribution in [2.24, 2.45) is 10.7 Å². The summed E-state index contributed by atoms with van der Waals surface area (Å²) >= 11 is 0. The van der Waals surface area contributed by atoms with Gasteiger partial charge in [-0.15, -0.1) is 0 Å². The fraction of sp³-hybridized carbons (Fsp3) is 0.300. The number of anilines is 1. The van der Waals surface area contributed by atoms with Crippen molar-refractivity contribution in [3.63, 3.8) is 0 Å². The number of ether oxygens (including phenoxy) is 2. The number of nitrogens with two attached hydrogens (primary N) is 1. The van der Waals surface area contributed by atoms with Crippen LogP contribution in [0.2, 0.25) is 0 Å². The summed E-state index contributed by atoms with van der Waals surface area (Å²) in [5.74, 6) is 1.52. The zero-order chi connectivity index (χ0) is 19.6. The fourth-order valence-electron chi connectivity index (χ4n) is 2.23. The molecule has 2 aromatic rings. The lowest BCUT2D eigenvalue weighted by atomic mass is 10.2. The number of rotatable bonds is 8. The lowest BCUT2D eigenvalue weighted by Crippen LogP contribution is -2.28. The summed E-state index contributed by atoms with van der Waals surface area (Å²) in [6, 6.07) is 14.8. The molecule has 0 aliphatic rings. The molecule has 0 bridgehead atoms. The summed E-state index contributed by atoms with van der Waals surface area (Å²) in [5, 5.41) is 5.74. The van der Waals surface area contributed by atoms with E-state index in [1.165, 1.54) is 0 Å². The van der Waals surface area contributed by atoms with E-state index in [4.69, 9.17) is 15.2 Å². The summed E-state index contributed by atoms with van der Waals surface area (Å²) in [7, 11) is 1.61. The maximum absolute atomic E-state index is 11.9. The molecule has 0 aliphatic carbocycles. The Morgan fingerprint density at radius 1 is 1.07 bits per heavy atom. The second-order valence-electron chi connectivity index (χ2n) is 6.14. The van der Waals surface area contributed by atoms with Crippen LogP contribution in [0, 0.1) is 0 Å². The van der Waals surface area contributed by atoms with Gasteiger partial charge in [-0.25, -0.2) is 4.99 Å². The Labute approximate surface area is 159 Å². The van der Waals surface area contributed by atoms with Crippen LogP contribution in [0.3, 0.4) is 0 Å². The molecule has 0 saturated carbocycles. The molecule has 0 radical (unpaired) electrons. The average Bonchev–Trinajstić information content (AvgIpc) is 2.66. The van der Waals surface area contributed by atoms with Gasteiger partial charge in [0.15, 0.2) is 5.96 Å². The molecular formula is C20H26N4O3. The van der Waals surface area contributed by atoms with Crippen molar-refractivity contribution in [2.75, 3.05) is 19.0 Å². The van der Waals surface area contributed by atoms with Gasteiger partial charge in [-0.2, -0.15) is 0 Å². The number of methoxy groups -OCH3 is 1. The molecular weight excluding hydrogens is 344 g/mol. The summed E-state index contributed by atoms with van der Waals surface area (Å²) in [6.45, 7) is 4.31. The van der Waals surface area contributed by atoms with E-state index in [1.807, 2.05) is 62.4 Å².